The van der Waals surface area contributed by atoms with Crippen LogP contribution in [-0.4, -0.2) is 40.5 Å². The summed E-state index contributed by atoms with van der Waals surface area (Å²) in [7, 11) is -3.91. The van der Waals surface area contributed by atoms with Gasteiger partial charge in [0.15, 0.2) is 22.2 Å². The summed E-state index contributed by atoms with van der Waals surface area (Å²) in [6.07, 6.45) is 7.34. The quantitative estimate of drug-likeness (QED) is 0.254. The molecule has 0 heterocycles. The molecular weight excluding hydrogens is 408 g/mol. The van der Waals surface area contributed by atoms with E-state index in [1.807, 2.05) is 0 Å². The predicted molar refractivity (Wildman–Crippen MR) is 131 cm³/mol. The molecule has 4 nitrogen and oxygen atoms in total. The van der Waals surface area contributed by atoms with E-state index < -0.39 is 16.4 Å². The van der Waals surface area contributed by atoms with Gasteiger partial charge in [0.2, 0.25) is 0 Å². The maximum absolute atomic E-state index is 12.4. The van der Waals surface area contributed by atoms with E-state index in [-0.39, 0.29) is 27.6 Å². The SMILES string of the molecule is CC(C)(C)[Si](C)(C)OC1C=C(CCCCCCOC(=O)[Si](C)(C)C(C)(C)C)C(=O)C1. The molecule has 0 amide bonds. The zero-order valence-corrected chi connectivity index (χ0v) is 23.2. The molecule has 0 aromatic carbocycles. The Kier molecular flexibility index (Phi) is 9.34. The first-order valence-corrected chi connectivity index (χ1v) is 17.5. The maximum Gasteiger partial charge on any atom is 0.271 e. The van der Waals surface area contributed by atoms with Gasteiger partial charge in [0.05, 0.1) is 12.7 Å². The van der Waals surface area contributed by atoms with Crippen LogP contribution in [0, 0.1) is 0 Å². The molecule has 0 N–H and O–H groups in total. The van der Waals surface area contributed by atoms with Crippen LogP contribution in [0.3, 0.4) is 0 Å². The Morgan fingerprint density at radius 3 is 2.07 bits per heavy atom. The minimum absolute atomic E-state index is 0.0117. The summed E-state index contributed by atoms with van der Waals surface area (Å²) < 4.78 is 12.0. The number of carbonyl (C=O) groups excluding carboxylic acids is 2. The monoisotopic (exact) mass is 454 g/mol. The van der Waals surface area contributed by atoms with E-state index in [1.54, 1.807) is 0 Å². The number of rotatable bonds is 10. The highest BCUT2D eigenvalue weighted by atomic mass is 28.4. The van der Waals surface area contributed by atoms with Crippen molar-refractivity contribution in [2.24, 2.45) is 0 Å². The molecule has 174 valence electrons. The molecule has 0 aromatic rings. The Bertz CT molecular complexity index is 637. The average Bonchev–Trinajstić information content (AvgIpc) is 2.90. The topological polar surface area (TPSA) is 52.6 Å². The number of ether oxygens (including phenoxy) is 1. The zero-order chi connectivity index (χ0) is 23.4. The van der Waals surface area contributed by atoms with Crippen molar-refractivity contribution in [1.82, 2.24) is 0 Å². The number of hydrogen-bond donors (Lipinski definition) is 0. The standard InChI is InChI=1S/C24H46O4Si2/c1-23(2,3)29(7,8)22(26)27-16-14-12-11-13-15-19-17-20(18-21(19)25)28-30(9,10)24(4,5)6/h17,20H,11-16,18H2,1-10H3. The molecule has 6 heteroatoms. The number of carbonyl (C=O) groups is 2. The van der Waals surface area contributed by atoms with Crippen LogP contribution in [0.4, 0.5) is 4.79 Å². The normalized spacial score (nSPS) is 18.5. The zero-order valence-electron chi connectivity index (χ0n) is 21.2. The molecule has 0 radical (unpaired) electrons. The highest BCUT2D eigenvalue weighted by Crippen LogP contribution is 2.39. The lowest BCUT2D eigenvalue weighted by atomic mass is 10.1. The lowest BCUT2D eigenvalue weighted by Gasteiger charge is -2.37. The molecule has 0 bridgehead atoms. The van der Waals surface area contributed by atoms with E-state index in [0.29, 0.717) is 13.0 Å². The first-order chi connectivity index (χ1) is 13.5. The van der Waals surface area contributed by atoms with Gasteiger partial charge in [-0.1, -0.05) is 67.5 Å². The van der Waals surface area contributed by atoms with Crippen LogP contribution in [0.1, 0.15) is 80.1 Å². The molecular formula is C24H46O4Si2. The van der Waals surface area contributed by atoms with E-state index in [1.165, 1.54) is 0 Å². The van der Waals surface area contributed by atoms with Crippen molar-refractivity contribution in [2.75, 3.05) is 6.61 Å². The van der Waals surface area contributed by atoms with E-state index in [9.17, 15) is 9.59 Å². The van der Waals surface area contributed by atoms with Gasteiger partial charge in [-0.05, 0) is 54.1 Å². The second kappa shape index (κ2) is 10.3. The van der Waals surface area contributed by atoms with Crippen molar-refractivity contribution in [2.45, 2.75) is 122 Å². The van der Waals surface area contributed by atoms with E-state index in [0.717, 1.165) is 37.7 Å². The summed E-state index contributed by atoms with van der Waals surface area (Å²) in [4.78, 5) is 24.7. The summed E-state index contributed by atoms with van der Waals surface area (Å²) in [6.45, 7) is 22.2. The maximum atomic E-state index is 12.4. The molecule has 0 aliphatic heterocycles. The molecule has 0 saturated carbocycles. The third-order valence-electron chi connectivity index (χ3n) is 7.34. The van der Waals surface area contributed by atoms with Crippen molar-refractivity contribution in [3.8, 4) is 0 Å². The Hall–Kier alpha value is -0.726. The van der Waals surface area contributed by atoms with Crippen molar-refractivity contribution < 1.29 is 18.8 Å². The van der Waals surface area contributed by atoms with Gasteiger partial charge in [-0.3, -0.25) is 9.59 Å². The summed E-state index contributed by atoms with van der Waals surface area (Å²) >= 11 is 0. The molecule has 1 aliphatic rings. The van der Waals surface area contributed by atoms with Crippen LogP contribution >= 0.6 is 0 Å². The minimum atomic E-state index is -2.06. The van der Waals surface area contributed by atoms with Gasteiger partial charge in [0, 0.05) is 6.42 Å². The average molecular weight is 455 g/mol. The lowest BCUT2D eigenvalue weighted by molar-refractivity contribution is -0.115. The molecule has 30 heavy (non-hydrogen) atoms. The largest absolute Gasteiger partial charge is 0.470 e. The summed E-state index contributed by atoms with van der Waals surface area (Å²) in [5, 5.41) is 0.165. The van der Waals surface area contributed by atoms with Crippen LogP contribution in [0.5, 0.6) is 0 Å². The first kappa shape index (κ1) is 27.3. The number of ketones is 1. The van der Waals surface area contributed by atoms with Gasteiger partial charge in [-0.15, -0.1) is 0 Å². The predicted octanol–water partition coefficient (Wildman–Crippen LogP) is 7.45. The fourth-order valence-electron chi connectivity index (χ4n) is 2.97. The van der Waals surface area contributed by atoms with Gasteiger partial charge in [0.25, 0.3) is 5.59 Å². The number of allylic oxidation sites excluding steroid dienone is 1. The Morgan fingerprint density at radius 1 is 0.967 bits per heavy atom. The third kappa shape index (κ3) is 7.45. The molecule has 1 unspecified atom stereocenters. The van der Waals surface area contributed by atoms with Crippen LogP contribution in [0.25, 0.3) is 0 Å². The van der Waals surface area contributed by atoms with Crippen molar-refractivity contribution in [3.63, 3.8) is 0 Å². The number of unbranched alkanes of at least 4 members (excludes halogenated alkanes) is 3. The third-order valence-corrected chi connectivity index (χ3v) is 16.8. The van der Waals surface area contributed by atoms with Crippen LogP contribution < -0.4 is 0 Å². The van der Waals surface area contributed by atoms with Crippen LogP contribution in [0.2, 0.25) is 36.3 Å². The smallest absolute Gasteiger partial charge is 0.271 e. The number of Topliss-reactive ketones (excluding diaryl/α,β-unsaturated/α-hetero) is 1. The van der Waals surface area contributed by atoms with E-state index in [4.69, 9.17) is 9.16 Å². The molecule has 0 saturated heterocycles. The van der Waals surface area contributed by atoms with E-state index >= 15 is 0 Å². The van der Waals surface area contributed by atoms with Crippen molar-refractivity contribution in [3.05, 3.63) is 11.6 Å². The first-order valence-electron chi connectivity index (χ1n) is 11.6. The van der Waals surface area contributed by atoms with Crippen LogP contribution in [0.15, 0.2) is 11.6 Å². The summed E-state index contributed by atoms with van der Waals surface area (Å²) in [5.41, 5.74) is 0.965. The Morgan fingerprint density at radius 2 is 1.53 bits per heavy atom. The molecule has 0 aromatic heterocycles. The molecule has 1 atom stereocenters. The van der Waals surface area contributed by atoms with Gasteiger partial charge in [0.1, 0.15) is 0 Å². The fraction of sp³-hybridized carbons (Fsp3) is 0.833. The van der Waals surface area contributed by atoms with Gasteiger partial charge in [-0.2, -0.15) is 0 Å². The van der Waals surface area contributed by atoms with Crippen molar-refractivity contribution in [1.29, 1.82) is 0 Å². The van der Waals surface area contributed by atoms with Gasteiger partial charge >= 0.3 is 0 Å². The summed E-state index contributed by atoms with van der Waals surface area (Å²) in [6, 6.07) is 0. The molecule has 0 fully saturated rings. The second-order valence-electron chi connectivity index (χ2n) is 11.9. The van der Waals surface area contributed by atoms with E-state index in [2.05, 4.69) is 73.8 Å². The Labute approximate surface area is 187 Å². The lowest BCUT2D eigenvalue weighted by Crippen LogP contribution is -2.46. The molecule has 0 spiro atoms. The second-order valence-corrected chi connectivity index (χ2v) is 21.8. The molecule has 1 rings (SSSR count). The van der Waals surface area contributed by atoms with Gasteiger partial charge in [-0.25, -0.2) is 0 Å². The van der Waals surface area contributed by atoms with Gasteiger partial charge < -0.3 is 9.16 Å². The number of hydrogen-bond acceptors (Lipinski definition) is 4. The van der Waals surface area contributed by atoms with Crippen molar-refractivity contribution >= 4 is 27.8 Å². The fourth-order valence-corrected chi connectivity index (χ4v) is 5.30. The van der Waals surface area contributed by atoms with Crippen LogP contribution in [-0.2, 0) is 14.0 Å². The highest BCUT2D eigenvalue weighted by Gasteiger charge is 2.44. The minimum Gasteiger partial charge on any atom is -0.470 e. The molecule has 1 aliphatic carbocycles. The Balaban J connectivity index is 2.32. The highest BCUT2D eigenvalue weighted by molar-refractivity contribution is 7.05. The summed E-state index contributed by atoms with van der Waals surface area (Å²) in [5.74, 6) is 0.252.